The van der Waals surface area contributed by atoms with Crippen molar-refractivity contribution in [1.29, 1.82) is 0 Å². The van der Waals surface area contributed by atoms with E-state index in [2.05, 4.69) is 39.8 Å². The number of hydrogen-bond donors (Lipinski definition) is 0. The van der Waals surface area contributed by atoms with E-state index in [1.54, 1.807) is 0 Å². The molecule has 0 N–H and O–H groups in total. The van der Waals surface area contributed by atoms with Crippen molar-refractivity contribution in [3.63, 3.8) is 0 Å². The van der Waals surface area contributed by atoms with Crippen LogP contribution in [0.25, 0.3) is 0 Å². The van der Waals surface area contributed by atoms with Gasteiger partial charge in [-0.25, -0.2) is 0 Å². The maximum absolute atomic E-state index is 6.18. The van der Waals surface area contributed by atoms with Crippen LogP contribution in [-0.2, 0) is 4.43 Å². The van der Waals surface area contributed by atoms with Crippen LogP contribution in [0.4, 0.5) is 0 Å². The monoisotopic (exact) mass is 332 g/mol. The summed E-state index contributed by atoms with van der Waals surface area (Å²) in [7, 11) is -1.57. The molecule has 0 aliphatic carbocycles. The molecule has 0 spiro atoms. The Hall–Kier alpha value is -1.24. The molecule has 0 heterocycles. The molecule has 23 heavy (non-hydrogen) atoms. The first-order valence-corrected chi connectivity index (χ1v) is 11.5. The Kier molecular flexibility index (Phi) is 7.88. The Labute approximate surface area is 143 Å². The van der Waals surface area contributed by atoms with Gasteiger partial charge in [-0.3, -0.25) is 0 Å². The smallest absolute Gasteiger partial charge is 0.191 e. The molecule has 128 valence electrons. The highest BCUT2D eigenvalue weighted by Crippen LogP contribution is 2.36. The molecule has 0 aliphatic rings. The van der Waals surface area contributed by atoms with Crippen molar-refractivity contribution < 1.29 is 9.16 Å². The van der Waals surface area contributed by atoms with Gasteiger partial charge in [0.25, 0.3) is 0 Å². The van der Waals surface area contributed by atoms with Crippen LogP contribution in [0, 0.1) is 12.3 Å². The highest BCUT2D eigenvalue weighted by molar-refractivity contribution is 6.74. The zero-order valence-corrected chi connectivity index (χ0v) is 16.4. The summed E-state index contributed by atoms with van der Waals surface area (Å²) in [6.45, 7) is 13.1. The topological polar surface area (TPSA) is 18.5 Å². The number of unbranched alkanes of at least 4 members (excludes halogenated alkanes) is 3. The average molecular weight is 333 g/mol. The maximum Gasteiger partial charge on any atom is 0.191 e. The Bertz CT molecular complexity index is 492. The first kappa shape index (κ1) is 19.8. The molecule has 0 radical (unpaired) electrons. The summed E-state index contributed by atoms with van der Waals surface area (Å²) >= 11 is 0. The molecule has 0 saturated carbocycles. The van der Waals surface area contributed by atoms with Gasteiger partial charge in [0.05, 0.1) is 6.61 Å². The normalized spacial score (nSPS) is 12.0. The summed E-state index contributed by atoms with van der Waals surface area (Å²) < 4.78 is 11.9. The molecular weight excluding hydrogens is 300 g/mol. The quantitative estimate of drug-likeness (QED) is 0.331. The van der Waals surface area contributed by atoms with Crippen LogP contribution in [0.1, 0.15) is 52.0 Å². The van der Waals surface area contributed by atoms with E-state index in [-0.39, 0.29) is 0 Å². The largest absolute Gasteiger partial charge is 0.494 e. The minimum absolute atomic E-state index is 0.301. The Morgan fingerprint density at radius 1 is 0.957 bits per heavy atom. The molecule has 3 heteroatoms. The molecule has 0 unspecified atom stereocenters. The second-order valence-electron chi connectivity index (χ2n) is 7.54. The van der Waals surface area contributed by atoms with E-state index in [0.29, 0.717) is 5.04 Å². The van der Waals surface area contributed by atoms with Crippen molar-refractivity contribution in [3.05, 3.63) is 29.8 Å². The second kappa shape index (κ2) is 9.15. The Morgan fingerprint density at radius 2 is 1.52 bits per heavy atom. The molecule has 1 aromatic rings. The zero-order valence-electron chi connectivity index (χ0n) is 15.4. The van der Waals surface area contributed by atoms with Crippen LogP contribution in [0.5, 0.6) is 5.75 Å². The van der Waals surface area contributed by atoms with E-state index in [0.717, 1.165) is 37.4 Å². The van der Waals surface area contributed by atoms with Crippen LogP contribution in [0.3, 0.4) is 0 Å². The van der Waals surface area contributed by atoms with E-state index < -0.39 is 8.32 Å². The summed E-state index contributed by atoms with van der Waals surface area (Å²) in [5, 5.41) is 0.301. The predicted octanol–water partition coefficient (Wildman–Crippen LogP) is 5.63. The van der Waals surface area contributed by atoms with E-state index in [4.69, 9.17) is 15.6 Å². The lowest BCUT2D eigenvalue weighted by Gasteiger charge is -2.36. The van der Waals surface area contributed by atoms with E-state index >= 15 is 0 Å². The molecule has 0 aliphatic heterocycles. The van der Waals surface area contributed by atoms with Gasteiger partial charge < -0.3 is 9.16 Å². The highest BCUT2D eigenvalue weighted by atomic mass is 28.4. The van der Waals surface area contributed by atoms with Gasteiger partial charge in [0.15, 0.2) is 8.32 Å². The molecular formula is C20H32O2Si. The van der Waals surface area contributed by atoms with Gasteiger partial charge in [0.1, 0.15) is 5.75 Å². The lowest BCUT2D eigenvalue weighted by molar-refractivity contribution is 0.270. The number of benzene rings is 1. The molecule has 0 atom stereocenters. The summed E-state index contributed by atoms with van der Waals surface area (Å²) in [5.41, 5.74) is 0.888. The van der Waals surface area contributed by atoms with Gasteiger partial charge in [-0.15, -0.1) is 6.42 Å². The van der Waals surface area contributed by atoms with Gasteiger partial charge >= 0.3 is 0 Å². The maximum atomic E-state index is 6.18. The van der Waals surface area contributed by atoms with Crippen LogP contribution in [0.15, 0.2) is 24.3 Å². The first-order chi connectivity index (χ1) is 10.8. The van der Waals surface area contributed by atoms with E-state index in [9.17, 15) is 0 Å². The molecule has 2 nitrogen and oxygen atoms in total. The van der Waals surface area contributed by atoms with Crippen molar-refractivity contribution in [1.82, 2.24) is 0 Å². The Balaban J connectivity index is 2.07. The second-order valence-corrected chi connectivity index (χ2v) is 12.3. The summed E-state index contributed by atoms with van der Waals surface area (Å²) in [6, 6.07) is 7.69. The number of terminal acetylenes is 1. The van der Waals surface area contributed by atoms with Crippen LogP contribution in [0.2, 0.25) is 18.1 Å². The van der Waals surface area contributed by atoms with Gasteiger partial charge in [0.2, 0.25) is 0 Å². The van der Waals surface area contributed by atoms with Gasteiger partial charge in [-0.2, -0.15) is 0 Å². The summed E-state index contributed by atoms with van der Waals surface area (Å²) in [5.74, 6) is 3.50. The number of ether oxygens (including phenoxy) is 1. The third-order valence-electron chi connectivity index (χ3n) is 4.60. The third kappa shape index (κ3) is 7.24. The highest BCUT2D eigenvalue weighted by Gasteiger charge is 2.36. The summed E-state index contributed by atoms with van der Waals surface area (Å²) in [4.78, 5) is 0. The molecule has 0 aromatic heterocycles. The fourth-order valence-electron chi connectivity index (χ4n) is 1.94. The van der Waals surface area contributed by atoms with Gasteiger partial charge in [0, 0.05) is 12.2 Å². The van der Waals surface area contributed by atoms with Gasteiger partial charge in [-0.1, -0.05) is 33.1 Å². The SMILES string of the molecule is C#Cc1ccc(OCCCCCCO[Si](C)(C)C(C)(C)C)cc1. The van der Waals surface area contributed by atoms with Crippen molar-refractivity contribution >= 4 is 8.32 Å². The average Bonchev–Trinajstić information content (AvgIpc) is 2.49. The molecule has 0 saturated heterocycles. The lowest BCUT2D eigenvalue weighted by Crippen LogP contribution is -2.40. The lowest BCUT2D eigenvalue weighted by atomic mass is 10.2. The first-order valence-electron chi connectivity index (χ1n) is 8.60. The van der Waals surface area contributed by atoms with E-state index in [1.807, 2.05) is 24.3 Å². The standard InChI is InChI=1S/C20H32O2Si/c1-7-18-12-14-19(15-13-18)21-16-10-8-9-11-17-22-23(5,6)20(2,3)4/h1,12-15H,8-11,16-17H2,2-6H3. The van der Waals surface area contributed by atoms with E-state index in [1.165, 1.54) is 12.8 Å². The zero-order chi connectivity index (χ0) is 17.3. The molecule has 1 rings (SSSR count). The van der Waals surface area contributed by atoms with Crippen molar-refractivity contribution in [2.24, 2.45) is 0 Å². The summed E-state index contributed by atoms with van der Waals surface area (Å²) in [6.07, 6.45) is 9.94. The minimum atomic E-state index is -1.57. The van der Waals surface area contributed by atoms with Crippen LogP contribution >= 0.6 is 0 Å². The number of hydrogen-bond acceptors (Lipinski definition) is 2. The molecule has 0 amide bonds. The number of rotatable bonds is 9. The fraction of sp³-hybridized carbons (Fsp3) is 0.600. The van der Waals surface area contributed by atoms with Crippen molar-refractivity contribution in [2.75, 3.05) is 13.2 Å². The van der Waals surface area contributed by atoms with Crippen LogP contribution in [-0.4, -0.2) is 21.5 Å². The Morgan fingerprint density at radius 3 is 2.04 bits per heavy atom. The predicted molar refractivity (Wildman–Crippen MR) is 101 cm³/mol. The van der Waals surface area contributed by atoms with Gasteiger partial charge in [-0.05, 0) is 61.7 Å². The molecule has 1 aromatic carbocycles. The van der Waals surface area contributed by atoms with Crippen LogP contribution < -0.4 is 4.74 Å². The van der Waals surface area contributed by atoms with Crippen molar-refractivity contribution in [2.45, 2.75) is 64.6 Å². The minimum Gasteiger partial charge on any atom is -0.494 e. The molecule has 0 fully saturated rings. The molecule has 0 bridgehead atoms. The third-order valence-corrected chi connectivity index (χ3v) is 9.14. The van der Waals surface area contributed by atoms with Crippen molar-refractivity contribution in [3.8, 4) is 18.1 Å². The fourth-order valence-corrected chi connectivity index (χ4v) is 3.03.